The Bertz CT molecular complexity index is 525. The SMILES string of the molecule is CCC1(CC)C(=O)NC(=O)N(c2cncnc2)C1=O. The van der Waals surface area contributed by atoms with Crippen molar-refractivity contribution < 1.29 is 14.4 Å². The van der Waals surface area contributed by atoms with Crippen LogP contribution in [-0.2, 0) is 9.59 Å². The Kier molecular flexibility index (Phi) is 3.28. The Labute approximate surface area is 110 Å². The second kappa shape index (κ2) is 4.75. The highest BCUT2D eigenvalue weighted by Crippen LogP contribution is 2.34. The lowest BCUT2D eigenvalue weighted by atomic mass is 9.78. The molecule has 4 amide bonds. The molecule has 0 radical (unpaired) electrons. The van der Waals surface area contributed by atoms with Gasteiger partial charge in [0.05, 0.1) is 18.1 Å². The molecule has 0 saturated carbocycles. The van der Waals surface area contributed by atoms with E-state index in [9.17, 15) is 14.4 Å². The normalized spacial score (nSPS) is 18.4. The second-order valence-corrected chi connectivity index (χ2v) is 4.29. The van der Waals surface area contributed by atoms with Crippen LogP contribution in [0, 0.1) is 5.41 Å². The quantitative estimate of drug-likeness (QED) is 0.816. The van der Waals surface area contributed by atoms with Gasteiger partial charge < -0.3 is 0 Å². The van der Waals surface area contributed by atoms with Gasteiger partial charge in [0, 0.05) is 0 Å². The standard InChI is InChI=1S/C12H14N4O3/c1-3-12(4-2)9(17)15-11(19)16(10(12)18)8-5-13-7-14-6-8/h5-7H,3-4H2,1-2H3,(H,15,17,19). The van der Waals surface area contributed by atoms with Crippen molar-refractivity contribution in [3.05, 3.63) is 18.7 Å². The lowest BCUT2D eigenvalue weighted by molar-refractivity contribution is -0.143. The fourth-order valence-corrected chi connectivity index (χ4v) is 2.19. The van der Waals surface area contributed by atoms with E-state index in [1.165, 1.54) is 18.7 Å². The van der Waals surface area contributed by atoms with Crippen LogP contribution in [0.5, 0.6) is 0 Å². The van der Waals surface area contributed by atoms with E-state index in [2.05, 4.69) is 15.3 Å². The molecule has 0 aliphatic carbocycles. The average Bonchev–Trinajstić information content (AvgIpc) is 2.41. The van der Waals surface area contributed by atoms with Gasteiger partial charge in [-0.05, 0) is 12.8 Å². The van der Waals surface area contributed by atoms with Crippen molar-refractivity contribution in [2.45, 2.75) is 26.7 Å². The van der Waals surface area contributed by atoms with Crippen molar-refractivity contribution in [2.24, 2.45) is 5.41 Å². The van der Waals surface area contributed by atoms with Gasteiger partial charge in [0.15, 0.2) is 0 Å². The van der Waals surface area contributed by atoms with Crippen LogP contribution in [0.1, 0.15) is 26.7 Å². The van der Waals surface area contributed by atoms with E-state index in [1.54, 1.807) is 13.8 Å². The number of carbonyl (C=O) groups excluding carboxylic acids is 3. The summed E-state index contributed by atoms with van der Waals surface area (Å²) in [6.07, 6.45) is 4.66. The molecule has 0 unspecified atom stereocenters. The molecule has 1 aliphatic heterocycles. The largest absolute Gasteiger partial charge is 0.335 e. The first-order valence-electron chi connectivity index (χ1n) is 6.01. The van der Waals surface area contributed by atoms with E-state index in [4.69, 9.17) is 0 Å². The maximum Gasteiger partial charge on any atom is 0.335 e. The molecule has 1 aliphatic rings. The maximum absolute atomic E-state index is 12.5. The van der Waals surface area contributed by atoms with Gasteiger partial charge in [-0.2, -0.15) is 0 Å². The summed E-state index contributed by atoms with van der Waals surface area (Å²) in [6, 6.07) is -0.762. The minimum Gasteiger partial charge on any atom is -0.276 e. The van der Waals surface area contributed by atoms with Crippen LogP contribution in [0.15, 0.2) is 18.7 Å². The van der Waals surface area contributed by atoms with Gasteiger partial charge in [-0.1, -0.05) is 13.8 Å². The number of nitrogens with one attached hydrogen (secondary N) is 1. The fraction of sp³-hybridized carbons (Fsp3) is 0.417. The summed E-state index contributed by atoms with van der Waals surface area (Å²) in [5.41, 5.74) is -0.951. The van der Waals surface area contributed by atoms with Gasteiger partial charge in [0.2, 0.25) is 5.91 Å². The van der Waals surface area contributed by atoms with Crippen LogP contribution in [0.2, 0.25) is 0 Å². The van der Waals surface area contributed by atoms with Crippen molar-refractivity contribution in [2.75, 3.05) is 4.90 Å². The highest BCUT2D eigenvalue weighted by atomic mass is 16.2. The van der Waals surface area contributed by atoms with E-state index in [1.807, 2.05) is 0 Å². The van der Waals surface area contributed by atoms with Crippen molar-refractivity contribution in [3.63, 3.8) is 0 Å². The zero-order chi connectivity index (χ0) is 14.0. The molecule has 1 aromatic heterocycles. The van der Waals surface area contributed by atoms with E-state index < -0.39 is 23.3 Å². The number of aromatic nitrogens is 2. The van der Waals surface area contributed by atoms with Crippen molar-refractivity contribution in [1.29, 1.82) is 0 Å². The third kappa shape index (κ3) is 1.87. The van der Waals surface area contributed by atoms with E-state index >= 15 is 0 Å². The molecule has 2 rings (SSSR count). The number of urea groups is 1. The molecule has 1 N–H and O–H groups in total. The number of hydrogen-bond acceptors (Lipinski definition) is 5. The van der Waals surface area contributed by atoms with Crippen LogP contribution in [0.25, 0.3) is 0 Å². The molecular formula is C12H14N4O3. The highest BCUT2D eigenvalue weighted by Gasteiger charge is 2.52. The highest BCUT2D eigenvalue weighted by molar-refractivity contribution is 6.29. The molecule has 1 aromatic rings. The number of nitrogens with zero attached hydrogens (tertiary/aromatic N) is 3. The molecule has 0 spiro atoms. The van der Waals surface area contributed by atoms with Gasteiger partial charge in [0.1, 0.15) is 11.7 Å². The van der Waals surface area contributed by atoms with Crippen molar-refractivity contribution in [3.8, 4) is 0 Å². The predicted molar refractivity (Wildman–Crippen MR) is 66.1 cm³/mol. The van der Waals surface area contributed by atoms with E-state index in [0.29, 0.717) is 12.8 Å². The Morgan fingerprint density at radius 1 is 1.16 bits per heavy atom. The number of barbiturate groups is 1. The number of anilines is 1. The van der Waals surface area contributed by atoms with Gasteiger partial charge in [-0.25, -0.2) is 19.7 Å². The minimum absolute atomic E-state index is 0.253. The lowest BCUT2D eigenvalue weighted by Gasteiger charge is -2.37. The molecular weight excluding hydrogens is 248 g/mol. The summed E-state index contributed by atoms with van der Waals surface area (Å²) in [5, 5.41) is 2.22. The van der Waals surface area contributed by atoms with Gasteiger partial charge in [-0.3, -0.25) is 14.9 Å². The molecule has 0 atom stereocenters. The summed E-state index contributed by atoms with van der Waals surface area (Å²) in [4.78, 5) is 44.8. The topological polar surface area (TPSA) is 92.3 Å². The molecule has 2 heterocycles. The van der Waals surface area contributed by atoms with Crippen LogP contribution in [-0.4, -0.2) is 27.8 Å². The number of rotatable bonds is 3. The smallest absolute Gasteiger partial charge is 0.276 e. The Morgan fingerprint density at radius 3 is 2.26 bits per heavy atom. The first kappa shape index (κ1) is 13.1. The van der Waals surface area contributed by atoms with Gasteiger partial charge in [-0.15, -0.1) is 0 Å². The molecule has 7 heteroatoms. The second-order valence-electron chi connectivity index (χ2n) is 4.29. The third-order valence-electron chi connectivity index (χ3n) is 3.48. The average molecular weight is 262 g/mol. The zero-order valence-electron chi connectivity index (χ0n) is 10.7. The Morgan fingerprint density at radius 2 is 1.74 bits per heavy atom. The Balaban J connectivity index is 2.48. The first-order valence-corrected chi connectivity index (χ1v) is 6.01. The van der Waals surface area contributed by atoms with Crippen LogP contribution >= 0.6 is 0 Å². The number of amides is 4. The summed E-state index contributed by atoms with van der Waals surface area (Å²) >= 11 is 0. The predicted octanol–water partition coefficient (Wildman–Crippen LogP) is 0.866. The fourth-order valence-electron chi connectivity index (χ4n) is 2.19. The molecule has 19 heavy (non-hydrogen) atoms. The number of hydrogen-bond donors (Lipinski definition) is 1. The molecule has 7 nitrogen and oxygen atoms in total. The monoisotopic (exact) mass is 262 g/mol. The van der Waals surface area contributed by atoms with E-state index in [0.717, 1.165) is 4.90 Å². The van der Waals surface area contributed by atoms with Gasteiger partial charge >= 0.3 is 6.03 Å². The molecule has 1 saturated heterocycles. The summed E-state index contributed by atoms with van der Waals surface area (Å²) in [5.74, 6) is -1.07. The molecule has 0 bridgehead atoms. The van der Waals surface area contributed by atoms with Crippen molar-refractivity contribution in [1.82, 2.24) is 15.3 Å². The van der Waals surface area contributed by atoms with Crippen molar-refractivity contribution >= 4 is 23.5 Å². The number of imide groups is 2. The molecule has 1 fully saturated rings. The summed E-state index contributed by atoms with van der Waals surface area (Å²) in [6.45, 7) is 3.49. The lowest BCUT2D eigenvalue weighted by Crippen LogP contribution is -2.64. The van der Waals surface area contributed by atoms with Crippen LogP contribution in [0.4, 0.5) is 10.5 Å². The van der Waals surface area contributed by atoms with E-state index in [-0.39, 0.29) is 5.69 Å². The molecule has 0 aromatic carbocycles. The third-order valence-corrected chi connectivity index (χ3v) is 3.48. The Hall–Kier alpha value is -2.31. The first-order chi connectivity index (χ1) is 9.06. The summed E-state index contributed by atoms with van der Waals surface area (Å²) in [7, 11) is 0. The number of carbonyl (C=O) groups is 3. The molecule has 100 valence electrons. The van der Waals surface area contributed by atoms with Crippen LogP contribution < -0.4 is 10.2 Å². The minimum atomic E-state index is -1.20. The maximum atomic E-state index is 12.5. The summed E-state index contributed by atoms with van der Waals surface area (Å²) < 4.78 is 0. The van der Waals surface area contributed by atoms with Gasteiger partial charge in [0.25, 0.3) is 5.91 Å². The zero-order valence-corrected chi connectivity index (χ0v) is 10.7. The van der Waals surface area contributed by atoms with Crippen LogP contribution in [0.3, 0.4) is 0 Å².